The number of rotatable bonds is 6. The molecular weight excluding hydrogens is 328 g/mol. The lowest BCUT2D eigenvalue weighted by molar-refractivity contribution is -0.144. The second kappa shape index (κ2) is 8.56. The van der Waals surface area contributed by atoms with Crippen molar-refractivity contribution in [2.45, 2.75) is 52.0 Å². The van der Waals surface area contributed by atoms with Gasteiger partial charge < -0.3 is 14.5 Å². The van der Waals surface area contributed by atoms with Crippen LogP contribution in [0.1, 0.15) is 44.6 Å². The van der Waals surface area contributed by atoms with E-state index in [4.69, 9.17) is 4.74 Å². The van der Waals surface area contributed by atoms with Crippen molar-refractivity contribution in [3.63, 3.8) is 0 Å². The highest BCUT2D eigenvalue weighted by Crippen LogP contribution is 2.31. The third-order valence-electron chi connectivity index (χ3n) is 5.63. The van der Waals surface area contributed by atoms with Gasteiger partial charge in [0, 0.05) is 32.1 Å². The van der Waals surface area contributed by atoms with Gasteiger partial charge in [-0.1, -0.05) is 25.1 Å². The summed E-state index contributed by atoms with van der Waals surface area (Å²) >= 11 is 0. The number of benzene rings is 1. The molecule has 0 spiro atoms. The van der Waals surface area contributed by atoms with Crippen LogP contribution < -0.4 is 4.74 Å². The Balaban J connectivity index is 1.49. The van der Waals surface area contributed by atoms with Crippen LogP contribution in [0.4, 0.5) is 0 Å². The van der Waals surface area contributed by atoms with Crippen LogP contribution in [0, 0.1) is 12.8 Å². The topological polar surface area (TPSA) is 49.9 Å². The molecule has 3 rings (SSSR count). The maximum atomic E-state index is 12.6. The van der Waals surface area contributed by atoms with Crippen LogP contribution >= 0.6 is 0 Å². The van der Waals surface area contributed by atoms with Gasteiger partial charge in [0.2, 0.25) is 11.8 Å². The van der Waals surface area contributed by atoms with E-state index < -0.39 is 0 Å². The van der Waals surface area contributed by atoms with Gasteiger partial charge in [-0.05, 0) is 43.7 Å². The monoisotopic (exact) mass is 358 g/mol. The average molecular weight is 358 g/mol. The van der Waals surface area contributed by atoms with Gasteiger partial charge in [-0.25, -0.2) is 0 Å². The number of para-hydroxylation sites is 1. The fourth-order valence-corrected chi connectivity index (χ4v) is 4.23. The minimum Gasteiger partial charge on any atom is -0.493 e. The predicted molar refractivity (Wildman–Crippen MR) is 101 cm³/mol. The van der Waals surface area contributed by atoms with Crippen LogP contribution in [-0.2, 0) is 9.59 Å². The first-order chi connectivity index (χ1) is 12.6. The number of hydrogen-bond acceptors (Lipinski definition) is 3. The van der Waals surface area contributed by atoms with Crippen molar-refractivity contribution in [2.24, 2.45) is 5.92 Å². The maximum Gasteiger partial charge on any atom is 0.226 e. The second-order valence-electron chi connectivity index (χ2n) is 7.45. The Bertz CT molecular complexity index is 646. The number of fused-ring (bicyclic) bond motifs is 1. The number of nitrogens with zero attached hydrogens (tertiary/aromatic N) is 2. The molecule has 2 aliphatic heterocycles. The molecule has 5 heteroatoms. The number of amides is 2. The Labute approximate surface area is 156 Å². The van der Waals surface area contributed by atoms with Gasteiger partial charge >= 0.3 is 0 Å². The Morgan fingerprint density at radius 2 is 2.08 bits per heavy atom. The summed E-state index contributed by atoms with van der Waals surface area (Å²) in [7, 11) is 0. The molecule has 2 fully saturated rings. The summed E-state index contributed by atoms with van der Waals surface area (Å²) in [5, 5.41) is 0. The summed E-state index contributed by atoms with van der Waals surface area (Å²) in [4.78, 5) is 28.8. The summed E-state index contributed by atoms with van der Waals surface area (Å²) < 4.78 is 5.77. The molecule has 0 N–H and O–H groups in total. The number of hydrogen-bond donors (Lipinski definition) is 0. The van der Waals surface area contributed by atoms with Gasteiger partial charge in [0.15, 0.2) is 0 Å². The zero-order valence-corrected chi connectivity index (χ0v) is 15.9. The summed E-state index contributed by atoms with van der Waals surface area (Å²) in [6.07, 6.45) is 3.84. The Morgan fingerprint density at radius 1 is 1.27 bits per heavy atom. The molecule has 2 atom stereocenters. The Hall–Kier alpha value is -2.04. The molecule has 0 aromatic heterocycles. The normalized spacial score (nSPS) is 22.9. The van der Waals surface area contributed by atoms with E-state index in [9.17, 15) is 9.59 Å². The lowest BCUT2D eigenvalue weighted by Gasteiger charge is -2.47. The highest BCUT2D eigenvalue weighted by Gasteiger charge is 2.39. The van der Waals surface area contributed by atoms with Crippen LogP contribution in [0.15, 0.2) is 24.3 Å². The van der Waals surface area contributed by atoms with E-state index in [1.54, 1.807) is 0 Å². The van der Waals surface area contributed by atoms with Crippen molar-refractivity contribution in [1.82, 2.24) is 9.80 Å². The number of aryl methyl sites for hydroxylation is 1. The molecule has 1 aromatic rings. The van der Waals surface area contributed by atoms with Crippen molar-refractivity contribution < 1.29 is 14.3 Å². The predicted octanol–water partition coefficient (Wildman–Crippen LogP) is 3.01. The average Bonchev–Trinajstić information content (AvgIpc) is 2.65. The summed E-state index contributed by atoms with van der Waals surface area (Å²) in [5.74, 6) is 1.73. The molecule has 0 bridgehead atoms. The zero-order chi connectivity index (χ0) is 18.5. The molecular formula is C21H30N2O3. The lowest BCUT2D eigenvalue weighted by atomic mass is 9.83. The minimum absolute atomic E-state index is 0.163. The lowest BCUT2D eigenvalue weighted by Crippen LogP contribution is -2.57. The fraction of sp³-hybridized carbons (Fsp3) is 0.619. The van der Waals surface area contributed by atoms with Crippen molar-refractivity contribution in [2.75, 3.05) is 26.2 Å². The van der Waals surface area contributed by atoms with Gasteiger partial charge in [-0.3, -0.25) is 9.59 Å². The highest BCUT2D eigenvalue weighted by atomic mass is 16.5. The first-order valence-corrected chi connectivity index (χ1v) is 9.85. The molecule has 0 aliphatic carbocycles. The van der Waals surface area contributed by atoms with Gasteiger partial charge in [0.25, 0.3) is 0 Å². The molecule has 2 amide bonds. The van der Waals surface area contributed by atoms with E-state index in [1.807, 2.05) is 36.1 Å². The molecule has 5 nitrogen and oxygen atoms in total. The molecule has 0 saturated carbocycles. The third kappa shape index (κ3) is 4.19. The number of likely N-dealkylation sites (tertiary alicyclic amines) is 2. The number of piperidine rings is 2. The largest absolute Gasteiger partial charge is 0.493 e. The zero-order valence-electron chi connectivity index (χ0n) is 15.9. The number of carbonyl (C=O) groups is 2. The minimum atomic E-state index is 0.163. The molecule has 0 unspecified atom stereocenters. The SMILES string of the molecule is CCCN1C(=O)CC[C@H]2CN(C(=O)CCOc3ccccc3C)CC[C@H]21. The van der Waals surface area contributed by atoms with E-state index in [1.165, 1.54) is 0 Å². The van der Waals surface area contributed by atoms with Crippen LogP contribution in [0.3, 0.4) is 0 Å². The van der Waals surface area contributed by atoms with Crippen LogP contribution in [0.2, 0.25) is 0 Å². The quantitative estimate of drug-likeness (QED) is 0.785. The first-order valence-electron chi connectivity index (χ1n) is 9.85. The van der Waals surface area contributed by atoms with Gasteiger partial charge in [-0.2, -0.15) is 0 Å². The summed E-state index contributed by atoms with van der Waals surface area (Å²) in [6, 6.07) is 8.19. The second-order valence-corrected chi connectivity index (χ2v) is 7.45. The van der Waals surface area contributed by atoms with E-state index in [2.05, 4.69) is 11.8 Å². The maximum absolute atomic E-state index is 12.6. The molecule has 26 heavy (non-hydrogen) atoms. The molecule has 2 aliphatic rings. The third-order valence-corrected chi connectivity index (χ3v) is 5.63. The summed E-state index contributed by atoms with van der Waals surface area (Å²) in [6.45, 7) is 6.91. The standard InChI is InChI=1S/C21H30N2O3/c1-3-12-23-18-10-13-22(15-17(18)8-9-21(23)25)20(24)11-14-26-19-7-5-4-6-16(19)2/h4-7,17-18H,3,8-15H2,1-2H3/t17-,18+/m0/s1. The summed E-state index contributed by atoms with van der Waals surface area (Å²) in [5.41, 5.74) is 1.09. The van der Waals surface area contributed by atoms with Gasteiger partial charge in [0.1, 0.15) is 5.75 Å². The molecule has 0 radical (unpaired) electrons. The molecule has 142 valence electrons. The van der Waals surface area contributed by atoms with E-state index >= 15 is 0 Å². The van der Waals surface area contributed by atoms with Crippen molar-refractivity contribution >= 4 is 11.8 Å². The molecule has 1 aromatic carbocycles. The van der Waals surface area contributed by atoms with Gasteiger partial charge in [-0.15, -0.1) is 0 Å². The van der Waals surface area contributed by atoms with Crippen molar-refractivity contribution in [3.05, 3.63) is 29.8 Å². The van der Waals surface area contributed by atoms with Crippen LogP contribution in [0.25, 0.3) is 0 Å². The van der Waals surface area contributed by atoms with Crippen molar-refractivity contribution in [3.8, 4) is 5.75 Å². The Kier molecular flexibility index (Phi) is 6.17. The fourth-order valence-electron chi connectivity index (χ4n) is 4.23. The van der Waals surface area contributed by atoms with E-state index in [0.29, 0.717) is 37.3 Å². The van der Waals surface area contributed by atoms with E-state index in [0.717, 1.165) is 50.2 Å². The Morgan fingerprint density at radius 3 is 2.85 bits per heavy atom. The van der Waals surface area contributed by atoms with Crippen LogP contribution in [-0.4, -0.2) is 53.9 Å². The highest BCUT2D eigenvalue weighted by molar-refractivity contribution is 5.78. The molecule has 2 heterocycles. The smallest absolute Gasteiger partial charge is 0.226 e. The van der Waals surface area contributed by atoms with Crippen LogP contribution in [0.5, 0.6) is 5.75 Å². The number of ether oxygens (including phenoxy) is 1. The number of carbonyl (C=O) groups excluding carboxylic acids is 2. The van der Waals surface area contributed by atoms with E-state index in [-0.39, 0.29) is 5.91 Å². The molecule has 2 saturated heterocycles. The van der Waals surface area contributed by atoms with Crippen molar-refractivity contribution in [1.29, 1.82) is 0 Å². The first kappa shape index (κ1) is 18.7. The van der Waals surface area contributed by atoms with Gasteiger partial charge in [0.05, 0.1) is 13.0 Å².